The predicted octanol–water partition coefficient (Wildman–Crippen LogP) is 2.96. The fourth-order valence-corrected chi connectivity index (χ4v) is 1.45. The molecule has 17 heavy (non-hydrogen) atoms. The Morgan fingerprint density at radius 2 is 1.94 bits per heavy atom. The molecule has 0 spiro atoms. The van der Waals surface area contributed by atoms with Crippen LogP contribution in [0, 0.1) is 29.9 Å². The highest BCUT2D eigenvalue weighted by molar-refractivity contribution is 5.63. The summed E-state index contributed by atoms with van der Waals surface area (Å²) >= 11 is 0. The van der Waals surface area contributed by atoms with E-state index in [1.807, 2.05) is 0 Å². The van der Waals surface area contributed by atoms with E-state index < -0.39 is 17.2 Å². The van der Waals surface area contributed by atoms with Crippen LogP contribution in [-0.2, 0) is 0 Å². The lowest BCUT2D eigenvalue weighted by molar-refractivity contribution is 0.579. The largest absolute Gasteiger partial charge is 0.252 e. The van der Waals surface area contributed by atoms with Gasteiger partial charge in [0.15, 0.2) is 5.82 Å². The first-order valence-electron chi connectivity index (χ1n) is 4.74. The summed E-state index contributed by atoms with van der Waals surface area (Å²) in [6, 6.07) is 8.43. The van der Waals surface area contributed by atoms with Gasteiger partial charge in [0.1, 0.15) is 17.4 Å². The third-order valence-electron chi connectivity index (χ3n) is 2.25. The highest BCUT2D eigenvalue weighted by atomic mass is 19.1. The molecule has 0 unspecified atom stereocenters. The molecule has 1 aromatic carbocycles. The third kappa shape index (κ3) is 2.00. The molecular formula is C13H6F2N2. The van der Waals surface area contributed by atoms with Crippen molar-refractivity contribution in [3.05, 3.63) is 60.1 Å². The van der Waals surface area contributed by atoms with Gasteiger partial charge in [0, 0.05) is 18.2 Å². The standard InChI is InChI=1S/C13H6F2N2/c1-8-3-2-4-12(17-8)9-5-6-11(14)10(7-16)13(9)15/h1-6H. The van der Waals surface area contributed by atoms with Crippen LogP contribution in [0.4, 0.5) is 8.78 Å². The van der Waals surface area contributed by atoms with E-state index in [0.717, 1.165) is 6.07 Å². The summed E-state index contributed by atoms with van der Waals surface area (Å²) in [5.74, 6) is -1.82. The Kier molecular flexibility index (Phi) is 2.84. The van der Waals surface area contributed by atoms with Crippen LogP contribution in [0.15, 0.2) is 30.3 Å². The number of halogens is 2. The topological polar surface area (TPSA) is 36.7 Å². The first-order chi connectivity index (χ1) is 8.13. The summed E-state index contributed by atoms with van der Waals surface area (Å²) in [7, 11) is 0. The minimum absolute atomic E-state index is 0.0512. The maximum atomic E-state index is 13.8. The van der Waals surface area contributed by atoms with Crippen LogP contribution in [0.2, 0.25) is 0 Å². The Bertz CT molecular complexity index is 615. The minimum Gasteiger partial charge on any atom is -0.252 e. The zero-order valence-corrected chi connectivity index (χ0v) is 8.61. The van der Waals surface area contributed by atoms with Crippen molar-refractivity contribution in [1.82, 2.24) is 4.98 Å². The molecular weight excluding hydrogens is 222 g/mol. The first kappa shape index (κ1) is 11.2. The molecule has 0 aliphatic carbocycles. The van der Waals surface area contributed by atoms with E-state index in [0.29, 0.717) is 0 Å². The maximum absolute atomic E-state index is 13.8. The quantitative estimate of drug-likeness (QED) is 0.752. The van der Waals surface area contributed by atoms with Crippen molar-refractivity contribution in [2.24, 2.45) is 0 Å². The lowest BCUT2D eigenvalue weighted by atomic mass is 10.1. The van der Waals surface area contributed by atoms with Crippen LogP contribution in [0.3, 0.4) is 0 Å². The van der Waals surface area contributed by atoms with E-state index in [2.05, 4.69) is 4.98 Å². The lowest BCUT2D eigenvalue weighted by Gasteiger charge is -2.05. The second kappa shape index (κ2) is 4.30. The minimum atomic E-state index is -0.925. The van der Waals surface area contributed by atoms with Crippen LogP contribution >= 0.6 is 0 Å². The molecule has 0 N–H and O–H groups in total. The van der Waals surface area contributed by atoms with Crippen molar-refractivity contribution >= 4 is 0 Å². The molecule has 0 bridgehead atoms. The number of aromatic nitrogens is 1. The number of hydrogen-bond donors (Lipinski definition) is 0. The zero-order valence-electron chi connectivity index (χ0n) is 8.61. The highest BCUT2D eigenvalue weighted by Crippen LogP contribution is 2.24. The van der Waals surface area contributed by atoms with Crippen LogP contribution in [0.25, 0.3) is 11.3 Å². The van der Waals surface area contributed by atoms with Crippen molar-refractivity contribution in [2.45, 2.75) is 0 Å². The molecule has 0 saturated heterocycles. The van der Waals surface area contributed by atoms with Gasteiger partial charge in [-0.3, -0.25) is 4.98 Å². The van der Waals surface area contributed by atoms with Gasteiger partial charge >= 0.3 is 0 Å². The number of hydrogen-bond acceptors (Lipinski definition) is 2. The predicted molar refractivity (Wildman–Crippen MR) is 57.7 cm³/mol. The van der Waals surface area contributed by atoms with Crippen LogP contribution in [-0.4, -0.2) is 4.98 Å². The molecule has 1 heterocycles. The number of nitrogens with zero attached hydrogens (tertiary/aromatic N) is 2. The average molecular weight is 228 g/mol. The van der Waals surface area contributed by atoms with Gasteiger partial charge in [-0.15, -0.1) is 0 Å². The van der Waals surface area contributed by atoms with Crippen LogP contribution < -0.4 is 0 Å². The van der Waals surface area contributed by atoms with Crippen molar-refractivity contribution in [1.29, 1.82) is 5.26 Å². The van der Waals surface area contributed by atoms with E-state index in [1.165, 1.54) is 18.2 Å². The Morgan fingerprint density at radius 1 is 1.18 bits per heavy atom. The summed E-state index contributed by atoms with van der Waals surface area (Å²) < 4.78 is 26.9. The van der Waals surface area contributed by atoms with Crippen LogP contribution in [0.1, 0.15) is 11.3 Å². The van der Waals surface area contributed by atoms with Crippen molar-refractivity contribution in [3.8, 4) is 17.3 Å². The fraction of sp³-hybridized carbons (Fsp3) is 0. The summed E-state index contributed by atoms with van der Waals surface area (Å²) in [4.78, 5) is 3.92. The van der Waals surface area contributed by atoms with E-state index in [9.17, 15) is 8.78 Å². The molecule has 2 radical (unpaired) electrons. The van der Waals surface area contributed by atoms with Gasteiger partial charge in [-0.05, 0) is 24.3 Å². The van der Waals surface area contributed by atoms with Gasteiger partial charge in [0.05, 0.1) is 5.69 Å². The molecule has 2 rings (SSSR count). The summed E-state index contributed by atoms with van der Waals surface area (Å²) in [6.45, 7) is 5.47. The van der Waals surface area contributed by atoms with Gasteiger partial charge in [-0.2, -0.15) is 5.26 Å². The third-order valence-corrected chi connectivity index (χ3v) is 2.25. The molecule has 2 aromatic rings. The van der Waals surface area contributed by atoms with Crippen LogP contribution in [0.5, 0.6) is 0 Å². The molecule has 4 heteroatoms. The highest BCUT2D eigenvalue weighted by Gasteiger charge is 2.15. The second-order valence-corrected chi connectivity index (χ2v) is 3.34. The number of nitriles is 1. The smallest absolute Gasteiger partial charge is 0.153 e. The molecule has 0 fully saturated rings. The van der Waals surface area contributed by atoms with E-state index in [4.69, 9.17) is 12.2 Å². The number of pyridine rings is 1. The molecule has 0 aliphatic heterocycles. The Balaban J connectivity index is 2.66. The molecule has 2 nitrogen and oxygen atoms in total. The van der Waals surface area contributed by atoms with Crippen molar-refractivity contribution < 1.29 is 8.78 Å². The molecule has 0 amide bonds. The fourth-order valence-electron chi connectivity index (χ4n) is 1.45. The molecule has 0 aliphatic rings. The number of rotatable bonds is 1. The second-order valence-electron chi connectivity index (χ2n) is 3.34. The Hall–Kier alpha value is -2.28. The van der Waals surface area contributed by atoms with E-state index >= 15 is 0 Å². The van der Waals surface area contributed by atoms with Gasteiger partial charge < -0.3 is 0 Å². The summed E-state index contributed by atoms with van der Waals surface area (Å²) in [6.07, 6.45) is 0. The van der Waals surface area contributed by atoms with Gasteiger partial charge in [0.25, 0.3) is 0 Å². The number of benzene rings is 1. The lowest BCUT2D eigenvalue weighted by Crippen LogP contribution is -1.95. The maximum Gasteiger partial charge on any atom is 0.153 e. The average Bonchev–Trinajstić information content (AvgIpc) is 2.29. The normalized spacial score (nSPS) is 10.0. The van der Waals surface area contributed by atoms with E-state index in [1.54, 1.807) is 12.1 Å². The first-order valence-corrected chi connectivity index (χ1v) is 4.74. The molecule has 0 atom stereocenters. The van der Waals surface area contributed by atoms with Gasteiger partial charge in [0.2, 0.25) is 0 Å². The molecule has 82 valence electrons. The van der Waals surface area contributed by atoms with E-state index in [-0.39, 0.29) is 17.0 Å². The summed E-state index contributed by atoms with van der Waals surface area (Å²) in [5, 5.41) is 8.65. The van der Waals surface area contributed by atoms with Gasteiger partial charge in [-0.1, -0.05) is 6.07 Å². The molecule has 1 aromatic heterocycles. The van der Waals surface area contributed by atoms with Crippen molar-refractivity contribution in [3.63, 3.8) is 0 Å². The SMILES string of the molecule is [CH]c1cccc(-c2ccc(F)c(C#N)c2F)n1. The Morgan fingerprint density at radius 3 is 2.59 bits per heavy atom. The monoisotopic (exact) mass is 228 g/mol. The summed E-state index contributed by atoms with van der Waals surface area (Å²) in [5.41, 5.74) is -0.0780. The van der Waals surface area contributed by atoms with Crippen molar-refractivity contribution in [2.75, 3.05) is 0 Å². The van der Waals surface area contributed by atoms with Gasteiger partial charge in [-0.25, -0.2) is 8.78 Å². The molecule has 0 saturated carbocycles. The zero-order chi connectivity index (χ0) is 12.4. The Labute approximate surface area is 97.2 Å².